The summed E-state index contributed by atoms with van der Waals surface area (Å²) in [6, 6.07) is 6.64. The Labute approximate surface area is 160 Å². The number of likely N-dealkylation sites (tertiary alicyclic amines) is 1. The fourth-order valence-electron chi connectivity index (χ4n) is 4.70. The molecule has 3 fully saturated rings. The summed E-state index contributed by atoms with van der Waals surface area (Å²) in [5, 5.41) is 3.42. The first-order chi connectivity index (χ1) is 13.2. The number of ether oxygens (including phenoxy) is 1. The van der Waals surface area contributed by atoms with Crippen molar-refractivity contribution in [3.8, 4) is 0 Å². The van der Waals surface area contributed by atoms with Crippen molar-refractivity contribution < 1.29 is 13.9 Å². The topological polar surface area (TPSA) is 44.8 Å². The molecular formula is C21H30FN3O2. The molecule has 6 heteroatoms. The maximum absolute atomic E-state index is 13.2. The first-order valence-corrected chi connectivity index (χ1v) is 10.3. The summed E-state index contributed by atoms with van der Waals surface area (Å²) in [5.74, 6) is -0.235. The molecule has 1 atom stereocenters. The lowest BCUT2D eigenvalue weighted by atomic mass is 9.81. The van der Waals surface area contributed by atoms with Crippen LogP contribution < -0.4 is 5.32 Å². The van der Waals surface area contributed by atoms with E-state index in [1.54, 1.807) is 12.1 Å². The van der Waals surface area contributed by atoms with E-state index in [4.69, 9.17) is 4.74 Å². The molecule has 3 aliphatic rings. The molecular weight excluding hydrogens is 345 g/mol. The molecule has 1 aromatic rings. The van der Waals surface area contributed by atoms with Gasteiger partial charge in [-0.3, -0.25) is 4.90 Å². The zero-order valence-electron chi connectivity index (χ0n) is 16.0. The van der Waals surface area contributed by atoms with Gasteiger partial charge in [0.25, 0.3) is 0 Å². The summed E-state index contributed by atoms with van der Waals surface area (Å²) in [6.07, 6.45) is 6.63. The van der Waals surface area contributed by atoms with Crippen molar-refractivity contribution in [3.05, 3.63) is 35.6 Å². The lowest BCUT2D eigenvalue weighted by molar-refractivity contribution is 0.0174. The maximum atomic E-state index is 13.2. The third kappa shape index (κ3) is 4.27. The van der Waals surface area contributed by atoms with Crippen LogP contribution in [0, 0.1) is 5.82 Å². The van der Waals surface area contributed by atoms with Gasteiger partial charge in [-0.25, -0.2) is 9.18 Å². The lowest BCUT2D eigenvalue weighted by Gasteiger charge is -2.47. The second-order valence-corrected chi connectivity index (χ2v) is 8.21. The zero-order chi connectivity index (χ0) is 18.7. The predicted octanol–water partition coefficient (Wildman–Crippen LogP) is 3.32. The minimum absolute atomic E-state index is 0.0331. The molecule has 148 valence electrons. The van der Waals surface area contributed by atoms with Gasteiger partial charge in [0.05, 0.1) is 24.8 Å². The fourth-order valence-corrected chi connectivity index (χ4v) is 4.70. The van der Waals surface area contributed by atoms with Gasteiger partial charge >= 0.3 is 6.03 Å². The number of benzene rings is 1. The van der Waals surface area contributed by atoms with Gasteiger partial charge in [0.15, 0.2) is 0 Å². The predicted molar refractivity (Wildman–Crippen MR) is 102 cm³/mol. The van der Waals surface area contributed by atoms with Crippen LogP contribution in [0.2, 0.25) is 0 Å². The highest BCUT2D eigenvalue weighted by Crippen LogP contribution is 2.35. The second kappa shape index (κ2) is 8.15. The zero-order valence-corrected chi connectivity index (χ0v) is 16.0. The first kappa shape index (κ1) is 18.7. The Bertz CT molecular complexity index is 639. The number of hydrogen-bond acceptors (Lipinski definition) is 3. The minimum Gasteiger partial charge on any atom is -0.379 e. The molecule has 0 radical (unpaired) electrons. The summed E-state index contributed by atoms with van der Waals surface area (Å²) in [5.41, 5.74) is 0.888. The van der Waals surface area contributed by atoms with Crippen molar-refractivity contribution >= 4 is 6.03 Å². The Morgan fingerprint density at radius 2 is 1.81 bits per heavy atom. The van der Waals surface area contributed by atoms with Crippen molar-refractivity contribution in [2.24, 2.45) is 0 Å². The molecule has 0 bridgehead atoms. The average molecular weight is 375 g/mol. The Morgan fingerprint density at radius 1 is 1.11 bits per heavy atom. The number of hydrogen-bond donors (Lipinski definition) is 1. The van der Waals surface area contributed by atoms with E-state index in [1.165, 1.54) is 31.4 Å². The van der Waals surface area contributed by atoms with Crippen molar-refractivity contribution in [3.63, 3.8) is 0 Å². The smallest absolute Gasteiger partial charge is 0.318 e. The molecule has 2 saturated heterocycles. The molecule has 0 spiro atoms. The van der Waals surface area contributed by atoms with E-state index in [2.05, 4.69) is 10.2 Å². The van der Waals surface area contributed by atoms with E-state index in [-0.39, 0.29) is 23.4 Å². The van der Waals surface area contributed by atoms with Gasteiger partial charge in [0, 0.05) is 26.2 Å². The molecule has 1 aromatic carbocycles. The average Bonchev–Trinajstić information content (AvgIpc) is 2.64. The number of carbonyl (C=O) groups excluding carboxylic acids is 1. The second-order valence-electron chi connectivity index (χ2n) is 8.21. The van der Waals surface area contributed by atoms with Crippen LogP contribution in [-0.2, 0) is 4.74 Å². The maximum Gasteiger partial charge on any atom is 0.318 e. The van der Waals surface area contributed by atoms with E-state index in [1.807, 2.05) is 4.90 Å². The van der Waals surface area contributed by atoms with Gasteiger partial charge in [0.1, 0.15) is 5.82 Å². The van der Waals surface area contributed by atoms with Gasteiger partial charge in [-0.1, -0.05) is 31.4 Å². The van der Waals surface area contributed by atoms with Crippen LogP contribution in [0.4, 0.5) is 9.18 Å². The van der Waals surface area contributed by atoms with Crippen LogP contribution in [-0.4, -0.2) is 60.8 Å². The van der Waals surface area contributed by atoms with Crippen LogP contribution in [0.25, 0.3) is 0 Å². The highest BCUT2D eigenvalue weighted by molar-refractivity contribution is 5.76. The van der Waals surface area contributed by atoms with Gasteiger partial charge in [-0.2, -0.15) is 0 Å². The van der Waals surface area contributed by atoms with Crippen LogP contribution in [0.15, 0.2) is 24.3 Å². The Balaban J connectivity index is 1.42. The van der Waals surface area contributed by atoms with Crippen molar-refractivity contribution in [1.29, 1.82) is 0 Å². The quantitative estimate of drug-likeness (QED) is 0.878. The third-order valence-corrected chi connectivity index (χ3v) is 6.35. The number of halogens is 1. The molecule has 1 N–H and O–H groups in total. The van der Waals surface area contributed by atoms with E-state index >= 15 is 0 Å². The monoisotopic (exact) mass is 375 g/mol. The van der Waals surface area contributed by atoms with E-state index in [0.717, 1.165) is 64.2 Å². The van der Waals surface area contributed by atoms with Crippen molar-refractivity contribution in [2.45, 2.75) is 50.1 Å². The molecule has 2 aliphatic heterocycles. The Morgan fingerprint density at radius 3 is 2.44 bits per heavy atom. The van der Waals surface area contributed by atoms with Gasteiger partial charge < -0.3 is 15.0 Å². The van der Waals surface area contributed by atoms with Crippen LogP contribution in [0.3, 0.4) is 0 Å². The summed E-state index contributed by atoms with van der Waals surface area (Å²) in [6.45, 7) is 5.13. The summed E-state index contributed by atoms with van der Waals surface area (Å²) >= 11 is 0. The summed E-state index contributed by atoms with van der Waals surface area (Å²) in [4.78, 5) is 17.4. The molecule has 27 heavy (non-hydrogen) atoms. The number of carbonyl (C=O) groups is 1. The van der Waals surface area contributed by atoms with Crippen LogP contribution in [0.5, 0.6) is 0 Å². The van der Waals surface area contributed by atoms with Crippen LogP contribution in [0.1, 0.15) is 50.1 Å². The van der Waals surface area contributed by atoms with Gasteiger partial charge in [-0.15, -0.1) is 0 Å². The molecule has 5 nitrogen and oxygen atoms in total. The standard InChI is InChI=1S/C21H30FN3O2/c22-18-6-4-17(5-7-18)19-8-11-25(19)20(26)23-21(9-2-1-3-10-21)16-24-12-14-27-15-13-24/h4-7,19H,1-3,8-16H2,(H,23,26)/t19-/m0/s1. The number of nitrogens with one attached hydrogen (secondary N) is 1. The Hall–Kier alpha value is -1.66. The fraction of sp³-hybridized carbons (Fsp3) is 0.667. The highest BCUT2D eigenvalue weighted by atomic mass is 19.1. The molecule has 1 saturated carbocycles. The number of nitrogens with zero attached hydrogens (tertiary/aromatic N) is 2. The van der Waals surface area contributed by atoms with Gasteiger partial charge in [0.2, 0.25) is 0 Å². The number of morpholine rings is 1. The minimum atomic E-state index is -0.235. The SMILES string of the molecule is O=C(NC1(CN2CCOCC2)CCCCC1)N1CC[C@H]1c1ccc(F)cc1. The highest BCUT2D eigenvalue weighted by Gasteiger charge is 2.40. The van der Waals surface area contributed by atoms with E-state index < -0.39 is 0 Å². The normalized spacial score (nSPS) is 25.7. The summed E-state index contributed by atoms with van der Waals surface area (Å²) in [7, 11) is 0. The van der Waals surface area contributed by atoms with E-state index in [9.17, 15) is 9.18 Å². The van der Waals surface area contributed by atoms with Crippen molar-refractivity contribution in [2.75, 3.05) is 39.4 Å². The van der Waals surface area contributed by atoms with Crippen LogP contribution >= 0.6 is 0 Å². The molecule has 4 rings (SSSR count). The molecule has 1 aliphatic carbocycles. The van der Waals surface area contributed by atoms with Gasteiger partial charge in [-0.05, 0) is 37.0 Å². The Kier molecular flexibility index (Phi) is 5.64. The van der Waals surface area contributed by atoms with Crippen molar-refractivity contribution in [1.82, 2.24) is 15.1 Å². The number of urea groups is 1. The third-order valence-electron chi connectivity index (χ3n) is 6.35. The molecule has 0 unspecified atom stereocenters. The number of amides is 2. The molecule has 2 heterocycles. The lowest BCUT2D eigenvalue weighted by Crippen LogP contribution is -2.62. The van der Waals surface area contributed by atoms with E-state index in [0.29, 0.717) is 0 Å². The molecule has 0 aromatic heterocycles. The largest absolute Gasteiger partial charge is 0.379 e. The first-order valence-electron chi connectivity index (χ1n) is 10.3. The summed E-state index contributed by atoms with van der Waals surface area (Å²) < 4.78 is 18.7. The molecule has 2 amide bonds. The number of rotatable bonds is 4.